The number of likely N-dealkylation sites (tertiary alicyclic amines) is 1. The molecule has 2 aliphatic rings. The number of carbonyl (C=O) groups excluding carboxylic acids is 2. The zero-order chi connectivity index (χ0) is 20.9. The molecule has 0 unspecified atom stereocenters. The molecule has 2 aromatic carbocycles. The Morgan fingerprint density at radius 3 is 2.43 bits per heavy atom. The number of anilines is 1. The Balaban J connectivity index is 1.27. The smallest absolute Gasteiger partial charge is 0.251 e. The molecule has 4 rings (SSSR count). The number of nitrogens with one attached hydrogen (secondary N) is 1. The summed E-state index contributed by atoms with van der Waals surface area (Å²) in [4.78, 5) is 26.8. The molecule has 158 valence electrons. The van der Waals surface area contributed by atoms with E-state index in [1.807, 2.05) is 4.90 Å². The molecule has 0 radical (unpaired) electrons. The van der Waals surface area contributed by atoms with E-state index in [4.69, 9.17) is 9.47 Å². The maximum absolute atomic E-state index is 13.7. The minimum Gasteiger partial charge on any atom is -0.454 e. The first kappa shape index (κ1) is 20.3. The third-order valence-corrected chi connectivity index (χ3v) is 5.57. The van der Waals surface area contributed by atoms with Crippen LogP contribution in [0.4, 0.5) is 10.1 Å². The van der Waals surface area contributed by atoms with Gasteiger partial charge in [-0.15, -0.1) is 0 Å². The lowest BCUT2D eigenvalue weighted by Gasteiger charge is -2.32. The number of piperidine rings is 1. The monoisotopic (exact) mass is 412 g/mol. The lowest BCUT2D eigenvalue weighted by Crippen LogP contribution is -2.45. The zero-order valence-corrected chi connectivity index (χ0v) is 16.7. The van der Waals surface area contributed by atoms with Crippen molar-refractivity contribution in [2.45, 2.75) is 31.8 Å². The highest BCUT2D eigenvalue weighted by Crippen LogP contribution is 2.26. The Labute approximate surface area is 175 Å². The quantitative estimate of drug-likeness (QED) is 0.807. The van der Waals surface area contributed by atoms with Gasteiger partial charge in [0.25, 0.3) is 5.91 Å². The molecule has 2 saturated heterocycles. The van der Waals surface area contributed by atoms with E-state index in [0.29, 0.717) is 44.0 Å². The molecule has 2 aliphatic heterocycles. The van der Waals surface area contributed by atoms with Crippen LogP contribution in [-0.2, 0) is 14.3 Å². The van der Waals surface area contributed by atoms with Gasteiger partial charge in [0.2, 0.25) is 5.91 Å². The van der Waals surface area contributed by atoms with Crippen LogP contribution in [0.2, 0.25) is 0 Å². The molecule has 0 aliphatic carbocycles. The molecule has 2 aromatic rings. The fraction of sp³-hybridized carbons (Fsp3) is 0.391. The van der Waals surface area contributed by atoms with Crippen LogP contribution in [0.25, 0.3) is 0 Å². The van der Waals surface area contributed by atoms with Crippen molar-refractivity contribution in [1.82, 2.24) is 4.90 Å². The van der Waals surface area contributed by atoms with E-state index >= 15 is 0 Å². The van der Waals surface area contributed by atoms with Crippen molar-refractivity contribution in [3.63, 3.8) is 0 Å². The molecule has 2 fully saturated rings. The molecule has 0 spiro atoms. The second-order valence-corrected chi connectivity index (χ2v) is 7.65. The van der Waals surface area contributed by atoms with Crippen molar-refractivity contribution in [3.05, 3.63) is 54.3 Å². The number of carbonyl (C=O) groups is 2. The van der Waals surface area contributed by atoms with E-state index in [1.165, 1.54) is 6.07 Å². The second-order valence-electron chi connectivity index (χ2n) is 7.65. The molecular formula is C23H25FN2O4. The van der Waals surface area contributed by atoms with Gasteiger partial charge in [0.05, 0.1) is 0 Å². The third-order valence-electron chi connectivity index (χ3n) is 5.57. The predicted octanol–water partition coefficient (Wildman–Crippen LogP) is 3.97. The van der Waals surface area contributed by atoms with Gasteiger partial charge in [-0.25, -0.2) is 4.39 Å². The Morgan fingerprint density at radius 1 is 1.03 bits per heavy atom. The number of halogens is 1. The Hall–Kier alpha value is -2.93. The third kappa shape index (κ3) is 4.79. The minimum absolute atomic E-state index is 0.0526. The number of nitrogens with zero attached hydrogens (tertiary/aromatic N) is 1. The first-order valence-corrected chi connectivity index (χ1v) is 10.3. The normalized spacial score (nSPS) is 19.5. The van der Waals surface area contributed by atoms with Crippen molar-refractivity contribution in [1.29, 1.82) is 0 Å². The van der Waals surface area contributed by atoms with Crippen LogP contribution < -0.4 is 10.1 Å². The first-order chi connectivity index (χ1) is 14.6. The number of para-hydroxylation sites is 1. The SMILES string of the molecule is O=C(Nc1ccc(Oc2ccccc2F)cc1)C1CCN(C(=O)[C@H]2CCCO2)CC1. The van der Waals surface area contributed by atoms with Crippen LogP contribution in [0.15, 0.2) is 48.5 Å². The minimum atomic E-state index is -0.431. The summed E-state index contributed by atoms with van der Waals surface area (Å²) < 4.78 is 24.7. The van der Waals surface area contributed by atoms with Crippen molar-refractivity contribution in [2.24, 2.45) is 5.92 Å². The van der Waals surface area contributed by atoms with E-state index in [0.717, 1.165) is 12.8 Å². The number of rotatable bonds is 5. The maximum atomic E-state index is 13.7. The second kappa shape index (κ2) is 9.26. The average Bonchev–Trinajstić information content (AvgIpc) is 3.31. The number of amides is 2. The van der Waals surface area contributed by atoms with E-state index in [1.54, 1.807) is 42.5 Å². The molecule has 1 N–H and O–H groups in total. The van der Waals surface area contributed by atoms with Crippen molar-refractivity contribution < 1.29 is 23.5 Å². The van der Waals surface area contributed by atoms with Crippen LogP contribution in [0.1, 0.15) is 25.7 Å². The van der Waals surface area contributed by atoms with Gasteiger partial charge in [0.15, 0.2) is 11.6 Å². The lowest BCUT2D eigenvalue weighted by molar-refractivity contribution is -0.143. The summed E-state index contributed by atoms with van der Waals surface area (Å²) in [6, 6.07) is 13.0. The number of hydrogen-bond acceptors (Lipinski definition) is 4. The number of benzene rings is 2. The summed E-state index contributed by atoms with van der Waals surface area (Å²) in [5.41, 5.74) is 0.652. The molecule has 0 aromatic heterocycles. The first-order valence-electron chi connectivity index (χ1n) is 10.3. The fourth-order valence-corrected chi connectivity index (χ4v) is 3.84. The van der Waals surface area contributed by atoms with Crippen LogP contribution in [-0.4, -0.2) is 42.5 Å². The lowest BCUT2D eigenvalue weighted by atomic mass is 9.95. The summed E-state index contributed by atoms with van der Waals surface area (Å²) in [6.45, 7) is 1.80. The van der Waals surface area contributed by atoms with Gasteiger partial charge < -0.3 is 19.7 Å². The van der Waals surface area contributed by atoms with Crippen LogP contribution >= 0.6 is 0 Å². The highest BCUT2D eigenvalue weighted by Gasteiger charge is 2.32. The fourth-order valence-electron chi connectivity index (χ4n) is 3.84. The van der Waals surface area contributed by atoms with Crippen LogP contribution in [0.3, 0.4) is 0 Å². The Bertz CT molecular complexity index is 888. The van der Waals surface area contributed by atoms with E-state index in [9.17, 15) is 14.0 Å². The summed E-state index contributed by atoms with van der Waals surface area (Å²) in [7, 11) is 0. The highest BCUT2D eigenvalue weighted by atomic mass is 19.1. The average molecular weight is 412 g/mol. The largest absolute Gasteiger partial charge is 0.454 e. The molecule has 1 atom stereocenters. The van der Waals surface area contributed by atoms with Crippen LogP contribution in [0.5, 0.6) is 11.5 Å². The maximum Gasteiger partial charge on any atom is 0.251 e. The van der Waals surface area contributed by atoms with Gasteiger partial charge in [0, 0.05) is 31.3 Å². The molecule has 7 heteroatoms. The van der Waals surface area contributed by atoms with Crippen molar-refractivity contribution in [3.8, 4) is 11.5 Å². The Kier molecular flexibility index (Phi) is 6.28. The van der Waals surface area contributed by atoms with Gasteiger partial charge in [-0.05, 0) is 62.1 Å². The highest BCUT2D eigenvalue weighted by molar-refractivity contribution is 5.92. The molecule has 30 heavy (non-hydrogen) atoms. The van der Waals surface area contributed by atoms with E-state index in [-0.39, 0.29) is 29.6 Å². The van der Waals surface area contributed by atoms with Crippen LogP contribution in [0, 0.1) is 11.7 Å². The standard InChI is InChI=1S/C23H25FN2O4/c24-19-4-1-2-5-20(19)30-18-9-7-17(8-10-18)25-22(27)16-11-13-26(14-12-16)23(28)21-6-3-15-29-21/h1-2,4-5,7-10,16,21H,3,6,11-15H2,(H,25,27)/t21-/m1/s1. The molecule has 2 amide bonds. The molecule has 0 bridgehead atoms. The predicted molar refractivity (Wildman–Crippen MR) is 110 cm³/mol. The molecule has 2 heterocycles. The topological polar surface area (TPSA) is 67.9 Å². The van der Waals surface area contributed by atoms with Gasteiger partial charge in [0.1, 0.15) is 11.9 Å². The van der Waals surface area contributed by atoms with E-state index < -0.39 is 5.82 Å². The number of hydrogen-bond donors (Lipinski definition) is 1. The van der Waals surface area contributed by atoms with Gasteiger partial charge in [-0.2, -0.15) is 0 Å². The molecule has 0 saturated carbocycles. The van der Waals surface area contributed by atoms with Crippen molar-refractivity contribution in [2.75, 3.05) is 25.0 Å². The summed E-state index contributed by atoms with van der Waals surface area (Å²) in [5, 5.41) is 2.92. The Morgan fingerprint density at radius 2 is 1.77 bits per heavy atom. The summed E-state index contributed by atoms with van der Waals surface area (Å²) >= 11 is 0. The molecule has 6 nitrogen and oxygen atoms in total. The van der Waals surface area contributed by atoms with Gasteiger partial charge in [-0.1, -0.05) is 12.1 Å². The molecular weight excluding hydrogens is 387 g/mol. The summed E-state index contributed by atoms with van der Waals surface area (Å²) in [6.07, 6.45) is 2.69. The van der Waals surface area contributed by atoms with Gasteiger partial charge >= 0.3 is 0 Å². The van der Waals surface area contributed by atoms with Gasteiger partial charge in [-0.3, -0.25) is 9.59 Å². The van der Waals surface area contributed by atoms with Crippen molar-refractivity contribution >= 4 is 17.5 Å². The zero-order valence-electron chi connectivity index (χ0n) is 16.7. The summed E-state index contributed by atoms with van der Waals surface area (Å²) in [5.74, 6) is 0.0727. The van der Waals surface area contributed by atoms with E-state index in [2.05, 4.69) is 5.32 Å². The number of ether oxygens (including phenoxy) is 2.